The topological polar surface area (TPSA) is 113 Å². The molecule has 1 aromatic rings. The normalized spacial score (nSPS) is 18.8. The maximum Gasteiger partial charge on any atom is 0.331 e. The van der Waals surface area contributed by atoms with Crippen LogP contribution in [0.2, 0.25) is 0 Å². The van der Waals surface area contributed by atoms with Crippen molar-refractivity contribution in [1.82, 2.24) is 5.32 Å². The molecule has 0 aliphatic carbocycles. The molecule has 1 atom stereocenters. The highest BCUT2D eigenvalue weighted by Gasteiger charge is 2.35. The summed E-state index contributed by atoms with van der Waals surface area (Å²) in [5.41, 5.74) is -1.01. The predicted molar refractivity (Wildman–Crippen MR) is 87.6 cm³/mol. The third-order valence-electron chi connectivity index (χ3n) is 3.79. The van der Waals surface area contributed by atoms with Crippen molar-refractivity contribution in [2.75, 3.05) is 30.3 Å². The number of amides is 1. The number of carboxylic acid groups (broad SMARTS) is 1. The van der Waals surface area contributed by atoms with Crippen LogP contribution in [0.15, 0.2) is 24.3 Å². The number of carboxylic acids is 1. The van der Waals surface area contributed by atoms with Crippen molar-refractivity contribution in [3.8, 4) is 0 Å². The van der Waals surface area contributed by atoms with Crippen molar-refractivity contribution in [2.45, 2.75) is 18.9 Å². The zero-order chi connectivity index (χ0) is 18.0. The van der Waals surface area contributed by atoms with Crippen LogP contribution in [0, 0.1) is 0 Å². The summed E-state index contributed by atoms with van der Waals surface area (Å²) < 4.78 is 30.1. The number of carbonyl (C=O) groups excluding carboxylic acids is 1. The molecular weight excluding hydrogens is 336 g/mol. The van der Waals surface area contributed by atoms with Gasteiger partial charge in [-0.1, -0.05) is 6.07 Å². The number of hydrogen-bond donors (Lipinski definition) is 2. The highest BCUT2D eigenvalue weighted by Crippen LogP contribution is 2.25. The first-order valence-corrected chi connectivity index (χ1v) is 8.96. The molecule has 1 unspecified atom stereocenters. The van der Waals surface area contributed by atoms with Gasteiger partial charge in [-0.3, -0.25) is 9.10 Å². The van der Waals surface area contributed by atoms with Gasteiger partial charge in [-0.2, -0.15) is 0 Å². The van der Waals surface area contributed by atoms with Crippen molar-refractivity contribution in [2.24, 2.45) is 0 Å². The molecule has 1 heterocycles. The van der Waals surface area contributed by atoms with E-state index in [1.807, 2.05) is 0 Å². The quantitative estimate of drug-likeness (QED) is 0.765. The second-order valence-corrected chi connectivity index (χ2v) is 7.83. The molecule has 0 radical (unpaired) electrons. The Morgan fingerprint density at radius 2 is 2.12 bits per heavy atom. The summed E-state index contributed by atoms with van der Waals surface area (Å²) in [6.07, 6.45) is 0.531. The van der Waals surface area contributed by atoms with E-state index in [1.54, 1.807) is 12.1 Å². The van der Waals surface area contributed by atoms with Crippen LogP contribution in [0.25, 0.3) is 0 Å². The standard InChI is InChI=1S/C15H20N2O6S/c1-15(10-23-2,14(19)20)16-13(18)11-5-3-6-12(9-11)17-7-4-8-24(17,21)22/h3,5-6,9H,4,7-8,10H2,1-2H3,(H,16,18)(H,19,20). The lowest BCUT2D eigenvalue weighted by molar-refractivity contribution is -0.145. The number of nitrogens with one attached hydrogen (secondary N) is 1. The van der Waals surface area contributed by atoms with Gasteiger partial charge >= 0.3 is 5.97 Å². The van der Waals surface area contributed by atoms with Crippen LogP contribution in [0.1, 0.15) is 23.7 Å². The maximum atomic E-state index is 12.4. The SMILES string of the molecule is COCC(C)(NC(=O)c1cccc(N2CCCS2(=O)=O)c1)C(=O)O. The minimum atomic E-state index is -3.35. The first-order valence-electron chi connectivity index (χ1n) is 7.35. The van der Waals surface area contributed by atoms with Crippen LogP contribution in [-0.2, 0) is 19.6 Å². The first-order chi connectivity index (χ1) is 11.2. The van der Waals surface area contributed by atoms with Gasteiger partial charge in [-0.25, -0.2) is 13.2 Å². The number of carbonyl (C=O) groups is 2. The molecular formula is C15H20N2O6S. The number of aliphatic carboxylic acids is 1. The van der Waals surface area contributed by atoms with Crippen LogP contribution in [0.4, 0.5) is 5.69 Å². The Morgan fingerprint density at radius 3 is 2.67 bits per heavy atom. The third kappa shape index (κ3) is 3.68. The van der Waals surface area contributed by atoms with Gasteiger partial charge in [0.05, 0.1) is 18.0 Å². The van der Waals surface area contributed by atoms with Gasteiger partial charge in [0.25, 0.3) is 5.91 Å². The number of rotatable bonds is 6. The van der Waals surface area contributed by atoms with Crippen molar-refractivity contribution in [1.29, 1.82) is 0 Å². The fraction of sp³-hybridized carbons (Fsp3) is 0.467. The fourth-order valence-electron chi connectivity index (χ4n) is 2.49. The summed E-state index contributed by atoms with van der Waals surface area (Å²) in [4.78, 5) is 23.7. The lowest BCUT2D eigenvalue weighted by Crippen LogP contribution is -2.55. The molecule has 1 aliphatic rings. The van der Waals surface area contributed by atoms with E-state index >= 15 is 0 Å². The summed E-state index contributed by atoms with van der Waals surface area (Å²) in [6.45, 7) is 1.50. The molecule has 1 saturated heterocycles. The van der Waals surface area contributed by atoms with Crippen molar-refractivity contribution < 1.29 is 27.9 Å². The fourth-order valence-corrected chi connectivity index (χ4v) is 4.05. The number of sulfonamides is 1. The van der Waals surface area contributed by atoms with Crippen LogP contribution in [0.5, 0.6) is 0 Å². The summed E-state index contributed by atoms with van der Waals surface area (Å²) in [5, 5.41) is 11.7. The molecule has 0 bridgehead atoms. The molecule has 1 amide bonds. The Labute approximate surface area is 140 Å². The second-order valence-electron chi connectivity index (χ2n) is 5.82. The number of benzene rings is 1. The molecule has 9 heteroatoms. The summed E-state index contributed by atoms with van der Waals surface area (Å²) in [6, 6.07) is 6.10. The molecule has 0 saturated carbocycles. The lowest BCUT2D eigenvalue weighted by atomic mass is 10.0. The maximum absolute atomic E-state index is 12.4. The predicted octanol–water partition coefficient (Wildman–Crippen LogP) is 0.446. The van der Waals surface area contributed by atoms with Gasteiger partial charge in [0, 0.05) is 19.2 Å². The van der Waals surface area contributed by atoms with Gasteiger partial charge in [0.15, 0.2) is 5.54 Å². The number of anilines is 1. The van der Waals surface area contributed by atoms with Crippen molar-refractivity contribution in [3.63, 3.8) is 0 Å². The van der Waals surface area contributed by atoms with E-state index in [9.17, 15) is 23.1 Å². The Kier molecular flexibility index (Phi) is 5.14. The number of ether oxygens (including phenoxy) is 1. The summed E-state index contributed by atoms with van der Waals surface area (Å²) >= 11 is 0. The molecule has 2 rings (SSSR count). The molecule has 0 spiro atoms. The summed E-state index contributed by atoms with van der Waals surface area (Å²) in [7, 11) is -2.01. The van der Waals surface area contributed by atoms with Crippen molar-refractivity contribution in [3.05, 3.63) is 29.8 Å². The zero-order valence-corrected chi connectivity index (χ0v) is 14.3. The lowest BCUT2D eigenvalue weighted by Gasteiger charge is -2.25. The average molecular weight is 356 g/mol. The highest BCUT2D eigenvalue weighted by atomic mass is 32.2. The van der Waals surface area contributed by atoms with E-state index in [2.05, 4.69) is 5.32 Å². The van der Waals surface area contributed by atoms with Crippen molar-refractivity contribution >= 4 is 27.6 Å². The second kappa shape index (κ2) is 6.78. The Bertz CT molecular complexity index is 748. The number of nitrogens with zero attached hydrogens (tertiary/aromatic N) is 1. The van der Waals surface area contributed by atoms with E-state index < -0.39 is 27.4 Å². The Balaban J connectivity index is 2.25. The van der Waals surface area contributed by atoms with Gasteiger partial charge in [-0.15, -0.1) is 0 Å². The molecule has 132 valence electrons. The van der Waals surface area contributed by atoms with E-state index in [1.165, 1.54) is 30.5 Å². The van der Waals surface area contributed by atoms with Gasteiger partial charge < -0.3 is 15.2 Å². The zero-order valence-electron chi connectivity index (χ0n) is 13.5. The monoisotopic (exact) mass is 356 g/mol. The van der Waals surface area contributed by atoms with Gasteiger partial charge in [-0.05, 0) is 31.5 Å². The van der Waals surface area contributed by atoms with Crippen LogP contribution >= 0.6 is 0 Å². The molecule has 8 nitrogen and oxygen atoms in total. The first kappa shape index (κ1) is 18.2. The molecule has 1 aromatic carbocycles. The van der Waals surface area contributed by atoms with E-state index in [-0.39, 0.29) is 17.9 Å². The molecule has 24 heavy (non-hydrogen) atoms. The third-order valence-corrected chi connectivity index (χ3v) is 5.66. The van der Waals surface area contributed by atoms with Crippen LogP contribution in [0.3, 0.4) is 0 Å². The molecule has 2 N–H and O–H groups in total. The van der Waals surface area contributed by atoms with Crippen LogP contribution in [-0.4, -0.2) is 57.0 Å². The van der Waals surface area contributed by atoms with E-state index in [0.29, 0.717) is 18.7 Å². The molecule has 1 fully saturated rings. The van der Waals surface area contributed by atoms with Gasteiger partial charge in [0.1, 0.15) is 0 Å². The summed E-state index contributed by atoms with van der Waals surface area (Å²) in [5.74, 6) is -1.76. The minimum Gasteiger partial charge on any atom is -0.479 e. The minimum absolute atomic E-state index is 0.0777. The largest absolute Gasteiger partial charge is 0.479 e. The Hall–Kier alpha value is -2.13. The Morgan fingerprint density at radius 1 is 1.42 bits per heavy atom. The number of hydrogen-bond acceptors (Lipinski definition) is 5. The smallest absolute Gasteiger partial charge is 0.331 e. The van der Waals surface area contributed by atoms with Gasteiger partial charge in [0.2, 0.25) is 10.0 Å². The van der Waals surface area contributed by atoms with Crippen LogP contribution < -0.4 is 9.62 Å². The highest BCUT2D eigenvalue weighted by molar-refractivity contribution is 7.93. The van der Waals surface area contributed by atoms with E-state index in [4.69, 9.17) is 4.74 Å². The van der Waals surface area contributed by atoms with E-state index in [0.717, 1.165) is 0 Å². The molecule has 0 aromatic heterocycles. The average Bonchev–Trinajstić information content (AvgIpc) is 2.86. The number of methoxy groups -OCH3 is 1. The molecule has 1 aliphatic heterocycles.